The minimum absolute atomic E-state index is 0.199. The maximum absolute atomic E-state index is 10.8. The second-order valence-electron chi connectivity index (χ2n) is 5.43. The third-order valence-electron chi connectivity index (χ3n) is 3.57. The summed E-state index contributed by atoms with van der Waals surface area (Å²) in [4.78, 5) is 10.8. The first-order valence-electron chi connectivity index (χ1n) is 7.71. The minimum Gasteiger partial charge on any atom is -0.489 e. The highest BCUT2D eigenvalue weighted by atomic mass is 16.5. The molecule has 3 aromatic carbocycles. The number of nitrogens with zero attached hydrogens (tertiary/aromatic N) is 1. The summed E-state index contributed by atoms with van der Waals surface area (Å²) in [5.41, 5.74) is 4.39. The van der Waals surface area contributed by atoms with Gasteiger partial charge in [-0.2, -0.15) is 5.10 Å². The highest BCUT2D eigenvalue weighted by molar-refractivity contribution is 5.85. The molecule has 0 spiro atoms. The van der Waals surface area contributed by atoms with Crippen LogP contribution in [0.5, 0.6) is 5.75 Å². The molecule has 1 amide bonds. The SMILES string of the molecule is CC(=O)N/N=C\c1cccc(OCc2cccc3ccccc23)c1. The van der Waals surface area contributed by atoms with Gasteiger partial charge in [-0.3, -0.25) is 4.79 Å². The number of carbonyl (C=O) groups is 1. The highest BCUT2D eigenvalue weighted by Crippen LogP contribution is 2.21. The molecule has 3 aromatic rings. The number of amides is 1. The summed E-state index contributed by atoms with van der Waals surface area (Å²) < 4.78 is 5.92. The zero-order valence-electron chi connectivity index (χ0n) is 13.4. The van der Waals surface area contributed by atoms with E-state index in [1.54, 1.807) is 6.21 Å². The predicted molar refractivity (Wildman–Crippen MR) is 96.1 cm³/mol. The highest BCUT2D eigenvalue weighted by Gasteiger charge is 2.02. The van der Waals surface area contributed by atoms with Gasteiger partial charge in [0, 0.05) is 6.92 Å². The molecule has 0 saturated carbocycles. The van der Waals surface area contributed by atoms with Crippen LogP contribution in [0.4, 0.5) is 0 Å². The zero-order chi connectivity index (χ0) is 16.8. The maximum Gasteiger partial charge on any atom is 0.236 e. The van der Waals surface area contributed by atoms with Gasteiger partial charge in [-0.25, -0.2) is 5.43 Å². The lowest BCUT2D eigenvalue weighted by Crippen LogP contribution is -2.12. The molecule has 0 aliphatic carbocycles. The Bertz CT molecular complexity index is 882. The molecule has 0 radical (unpaired) electrons. The van der Waals surface area contributed by atoms with E-state index in [9.17, 15) is 4.79 Å². The monoisotopic (exact) mass is 318 g/mol. The van der Waals surface area contributed by atoms with Crippen molar-refractivity contribution in [1.82, 2.24) is 5.43 Å². The Morgan fingerprint density at radius 3 is 2.75 bits per heavy atom. The van der Waals surface area contributed by atoms with Crippen LogP contribution >= 0.6 is 0 Å². The van der Waals surface area contributed by atoms with E-state index in [1.807, 2.05) is 42.5 Å². The van der Waals surface area contributed by atoms with Crippen molar-refractivity contribution in [3.05, 3.63) is 77.9 Å². The third kappa shape index (κ3) is 3.98. The molecule has 3 rings (SSSR count). The van der Waals surface area contributed by atoms with Crippen LogP contribution in [0, 0.1) is 0 Å². The van der Waals surface area contributed by atoms with Crippen LogP contribution in [0.1, 0.15) is 18.1 Å². The van der Waals surface area contributed by atoms with E-state index >= 15 is 0 Å². The van der Waals surface area contributed by atoms with Crippen LogP contribution in [-0.2, 0) is 11.4 Å². The topological polar surface area (TPSA) is 50.7 Å². The molecule has 0 saturated heterocycles. The predicted octanol–water partition coefficient (Wildman–Crippen LogP) is 3.89. The van der Waals surface area contributed by atoms with Crippen LogP contribution in [0.15, 0.2) is 71.8 Å². The Morgan fingerprint density at radius 2 is 1.88 bits per heavy atom. The van der Waals surface area contributed by atoms with Gasteiger partial charge in [-0.05, 0) is 34.0 Å². The van der Waals surface area contributed by atoms with Crippen molar-refractivity contribution in [1.29, 1.82) is 0 Å². The summed E-state index contributed by atoms with van der Waals surface area (Å²) in [5.74, 6) is 0.560. The van der Waals surface area contributed by atoms with Gasteiger partial charge in [0.15, 0.2) is 0 Å². The lowest BCUT2D eigenvalue weighted by Gasteiger charge is -2.09. The van der Waals surface area contributed by atoms with E-state index in [1.165, 1.54) is 17.7 Å². The van der Waals surface area contributed by atoms with E-state index in [0.717, 1.165) is 16.9 Å². The number of hydrogen-bond acceptors (Lipinski definition) is 3. The molecule has 4 heteroatoms. The molecule has 0 atom stereocenters. The molecular formula is C20H18N2O2. The van der Waals surface area contributed by atoms with Gasteiger partial charge in [0.1, 0.15) is 12.4 Å². The number of fused-ring (bicyclic) bond motifs is 1. The lowest BCUT2D eigenvalue weighted by atomic mass is 10.1. The Balaban J connectivity index is 1.72. The normalized spacial score (nSPS) is 10.9. The molecule has 0 aliphatic rings. The Morgan fingerprint density at radius 1 is 1.08 bits per heavy atom. The van der Waals surface area contributed by atoms with Gasteiger partial charge in [0.25, 0.3) is 0 Å². The summed E-state index contributed by atoms with van der Waals surface area (Å²) in [6, 6.07) is 22.1. The molecule has 24 heavy (non-hydrogen) atoms. The average molecular weight is 318 g/mol. The molecule has 1 N–H and O–H groups in total. The number of hydrogen-bond donors (Lipinski definition) is 1. The number of rotatable bonds is 5. The van der Waals surface area contributed by atoms with Crippen molar-refractivity contribution in [2.45, 2.75) is 13.5 Å². The Labute approximate surface area is 140 Å². The standard InChI is InChI=1S/C20H18N2O2/c1-15(23)22-21-13-16-6-4-10-19(12-16)24-14-18-9-5-8-17-7-2-3-11-20(17)18/h2-13H,14H2,1H3,(H,22,23)/b21-13-. The molecule has 0 aromatic heterocycles. The zero-order valence-corrected chi connectivity index (χ0v) is 13.4. The average Bonchev–Trinajstić information content (AvgIpc) is 2.60. The third-order valence-corrected chi connectivity index (χ3v) is 3.57. The molecular weight excluding hydrogens is 300 g/mol. The fraction of sp³-hybridized carbons (Fsp3) is 0.100. The van der Waals surface area contributed by atoms with Crippen LogP contribution in [0.3, 0.4) is 0 Å². The van der Waals surface area contributed by atoms with E-state index in [0.29, 0.717) is 6.61 Å². The molecule has 0 fully saturated rings. The molecule has 0 aliphatic heterocycles. The van der Waals surface area contributed by atoms with Crippen molar-refractivity contribution in [3.63, 3.8) is 0 Å². The molecule has 0 bridgehead atoms. The summed E-state index contributed by atoms with van der Waals surface area (Å²) in [6.07, 6.45) is 1.59. The number of hydrazone groups is 1. The number of ether oxygens (including phenoxy) is 1. The number of benzene rings is 3. The van der Waals surface area contributed by atoms with Gasteiger partial charge in [0.2, 0.25) is 5.91 Å². The summed E-state index contributed by atoms with van der Waals surface area (Å²) in [5, 5.41) is 6.26. The van der Waals surface area contributed by atoms with Crippen LogP contribution in [-0.4, -0.2) is 12.1 Å². The fourth-order valence-electron chi connectivity index (χ4n) is 2.46. The summed E-state index contributed by atoms with van der Waals surface area (Å²) in [7, 11) is 0. The van der Waals surface area contributed by atoms with E-state index in [4.69, 9.17) is 4.74 Å². The smallest absolute Gasteiger partial charge is 0.236 e. The Hall–Kier alpha value is -3.14. The molecule has 120 valence electrons. The van der Waals surface area contributed by atoms with Crippen molar-refractivity contribution in [2.24, 2.45) is 5.10 Å². The van der Waals surface area contributed by atoms with Gasteiger partial charge >= 0.3 is 0 Å². The summed E-state index contributed by atoms with van der Waals surface area (Å²) in [6.45, 7) is 1.91. The summed E-state index contributed by atoms with van der Waals surface area (Å²) >= 11 is 0. The van der Waals surface area contributed by atoms with Crippen molar-refractivity contribution < 1.29 is 9.53 Å². The lowest BCUT2D eigenvalue weighted by molar-refractivity contribution is -0.118. The number of nitrogens with one attached hydrogen (secondary N) is 1. The number of carbonyl (C=O) groups excluding carboxylic acids is 1. The van der Waals surface area contributed by atoms with Crippen LogP contribution in [0.2, 0.25) is 0 Å². The second kappa shape index (κ2) is 7.42. The maximum atomic E-state index is 10.8. The van der Waals surface area contributed by atoms with E-state index in [2.05, 4.69) is 34.8 Å². The molecule has 0 unspecified atom stereocenters. The van der Waals surface area contributed by atoms with Crippen molar-refractivity contribution >= 4 is 22.9 Å². The van der Waals surface area contributed by atoms with Gasteiger partial charge in [-0.15, -0.1) is 0 Å². The minimum atomic E-state index is -0.199. The first-order valence-corrected chi connectivity index (χ1v) is 7.71. The van der Waals surface area contributed by atoms with Crippen LogP contribution in [0.25, 0.3) is 10.8 Å². The first-order chi connectivity index (χ1) is 11.7. The van der Waals surface area contributed by atoms with Crippen LogP contribution < -0.4 is 10.2 Å². The second-order valence-corrected chi connectivity index (χ2v) is 5.43. The van der Waals surface area contributed by atoms with Crippen molar-refractivity contribution in [2.75, 3.05) is 0 Å². The largest absolute Gasteiger partial charge is 0.489 e. The molecule has 0 heterocycles. The first kappa shape index (κ1) is 15.7. The van der Waals surface area contributed by atoms with Gasteiger partial charge in [0.05, 0.1) is 6.21 Å². The fourth-order valence-corrected chi connectivity index (χ4v) is 2.46. The van der Waals surface area contributed by atoms with E-state index < -0.39 is 0 Å². The molecule has 4 nitrogen and oxygen atoms in total. The van der Waals surface area contributed by atoms with Gasteiger partial charge in [-0.1, -0.05) is 54.6 Å². The van der Waals surface area contributed by atoms with Crippen molar-refractivity contribution in [3.8, 4) is 5.75 Å². The van der Waals surface area contributed by atoms with E-state index in [-0.39, 0.29) is 5.91 Å². The quantitative estimate of drug-likeness (QED) is 0.573. The van der Waals surface area contributed by atoms with Gasteiger partial charge < -0.3 is 4.74 Å². The Kier molecular flexibility index (Phi) is 4.87.